The SMILES string of the molecule is CC1(C)C2CC3OB(C(CCCCN)NC(=O)Cn4nc(Cc5nn[nH]n5)nc4Cc4ccccc4)OC3(C)C1C2. The molecular weight excluding hydrogens is 521 g/mol. The van der Waals surface area contributed by atoms with Crippen LogP contribution in [0.3, 0.4) is 0 Å². The Morgan fingerprint density at radius 3 is 2.76 bits per heavy atom. The van der Waals surface area contributed by atoms with Gasteiger partial charge in [-0.15, -0.1) is 10.2 Å². The van der Waals surface area contributed by atoms with Crippen LogP contribution in [0.15, 0.2) is 30.3 Å². The van der Waals surface area contributed by atoms with Crippen LogP contribution in [0.25, 0.3) is 0 Å². The van der Waals surface area contributed by atoms with E-state index in [0.717, 1.165) is 31.2 Å². The summed E-state index contributed by atoms with van der Waals surface area (Å²) in [6, 6.07) is 10.0. The highest BCUT2D eigenvalue weighted by Crippen LogP contribution is 2.65. The topological polar surface area (TPSA) is 159 Å². The summed E-state index contributed by atoms with van der Waals surface area (Å²) in [6.07, 6.45) is 5.58. The summed E-state index contributed by atoms with van der Waals surface area (Å²) in [4.78, 5) is 18.3. The number of aromatic amines is 1. The monoisotopic (exact) mass is 561 g/mol. The Kier molecular flexibility index (Phi) is 7.69. The number of rotatable bonds is 12. The second kappa shape index (κ2) is 11.3. The van der Waals surface area contributed by atoms with E-state index in [2.05, 4.69) is 51.8 Å². The molecule has 218 valence electrons. The van der Waals surface area contributed by atoms with Crippen molar-refractivity contribution in [2.45, 2.75) is 89.9 Å². The van der Waals surface area contributed by atoms with Gasteiger partial charge in [0.15, 0.2) is 11.6 Å². The van der Waals surface area contributed by atoms with Gasteiger partial charge in [0.25, 0.3) is 0 Å². The summed E-state index contributed by atoms with van der Waals surface area (Å²) in [5, 5.41) is 22.0. The van der Waals surface area contributed by atoms with E-state index in [9.17, 15) is 4.79 Å². The fourth-order valence-corrected chi connectivity index (χ4v) is 7.18. The van der Waals surface area contributed by atoms with Crippen molar-refractivity contribution in [2.75, 3.05) is 6.54 Å². The van der Waals surface area contributed by atoms with E-state index in [1.165, 1.54) is 6.42 Å². The molecule has 5 unspecified atom stereocenters. The molecule has 3 aliphatic carbocycles. The zero-order valence-electron chi connectivity index (χ0n) is 24.1. The number of H-pyrrole nitrogens is 1. The van der Waals surface area contributed by atoms with Crippen molar-refractivity contribution in [2.24, 2.45) is 23.0 Å². The Morgan fingerprint density at radius 2 is 2.02 bits per heavy atom. The first kappa shape index (κ1) is 28.0. The number of unbranched alkanes of at least 4 members (excludes halogenated alkanes) is 1. The van der Waals surface area contributed by atoms with E-state index in [4.69, 9.17) is 20.0 Å². The number of carbonyl (C=O) groups excluding carboxylic acids is 1. The summed E-state index contributed by atoms with van der Waals surface area (Å²) in [5.74, 6) is 2.39. The van der Waals surface area contributed by atoms with Gasteiger partial charge in [-0.05, 0) is 62.0 Å². The first-order valence-corrected chi connectivity index (χ1v) is 14.8. The van der Waals surface area contributed by atoms with Crippen LogP contribution in [0.2, 0.25) is 0 Å². The summed E-state index contributed by atoms with van der Waals surface area (Å²) in [6.45, 7) is 7.54. The third kappa shape index (κ3) is 5.54. The zero-order chi connectivity index (χ0) is 28.6. The summed E-state index contributed by atoms with van der Waals surface area (Å²) in [5.41, 5.74) is 6.79. The number of benzene rings is 1. The van der Waals surface area contributed by atoms with Crippen molar-refractivity contribution in [3.05, 3.63) is 53.4 Å². The lowest BCUT2D eigenvalue weighted by molar-refractivity contribution is -0.199. The Hall–Kier alpha value is -3.16. The van der Waals surface area contributed by atoms with Crippen molar-refractivity contribution in [3.63, 3.8) is 0 Å². The van der Waals surface area contributed by atoms with Crippen LogP contribution >= 0.6 is 0 Å². The zero-order valence-corrected chi connectivity index (χ0v) is 24.1. The van der Waals surface area contributed by atoms with Crippen LogP contribution in [0.5, 0.6) is 0 Å². The molecule has 13 heteroatoms. The second-order valence-corrected chi connectivity index (χ2v) is 12.6. The second-order valence-electron chi connectivity index (χ2n) is 12.6. The normalized spacial score (nSPS) is 26.8. The first-order chi connectivity index (χ1) is 19.8. The van der Waals surface area contributed by atoms with Gasteiger partial charge in [0.2, 0.25) is 5.91 Å². The molecular formula is C28H40BN9O3. The molecule has 2 aromatic heterocycles. The van der Waals surface area contributed by atoms with Gasteiger partial charge in [-0.1, -0.05) is 55.8 Å². The molecule has 4 fully saturated rings. The molecule has 1 amide bonds. The van der Waals surface area contributed by atoms with E-state index in [1.807, 2.05) is 30.3 Å². The van der Waals surface area contributed by atoms with Crippen LogP contribution in [0.1, 0.15) is 75.9 Å². The number of nitrogens with zero attached hydrogens (tertiary/aromatic N) is 6. The summed E-state index contributed by atoms with van der Waals surface area (Å²) in [7, 11) is -0.491. The van der Waals surface area contributed by atoms with Gasteiger partial charge in [0.05, 0.1) is 24.1 Å². The van der Waals surface area contributed by atoms with Gasteiger partial charge in [-0.2, -0.15) is 10.3 Å². The van der Waals surface area contributed by atoms with Gasteiger partial charge in [0, 0.05) is 6.42 Å². The molecule has 1 saturated heterocycles. The Bertz CT molecular complexity index is 1330. The maximum atomic E-state index is 13.5. The number of aromatic nitrogens is 7. The van der Waals surface area contributed by atoms with Crippen LogP contribution in [0.4, 0.5) is 0 Å². The fourth-order valence-electron chi connectivity index (χ4n) is 7.18. The highest BCUT2D eigenvalue weighted by atomic mass is 16.7. The maximum Gasteiger partial charge on any atom is 0.481 e. The molecule has 1 aliphatic heterocycles. The minimum Gasteiger partial charge on any atom is -0.404 e. The van der Waals surface area contributed by atoms with E-state index in [-0.39, 0.29) is 35.5 Å². The van der Waals surface area contributed by atoms with Crippen LogP contribution in [0, 0.1) is 17.3 Å². The number of tetrazole rings is 1. The largest absolute Gasteiger partial charge is 0.481 e. The molecule has 0 radical (unpaired) electrons. The third-order valence-electron chi connectivity index (χ3n) is 9.61. The van der Waals surface area contributed by atoms with Crippen molar-refractivity contribution in [3.8, 4) is 0 Å². The molecule has 5 atom stereocenters. The minimum absolute atomic E-state index is 0.0277. The molecule has 12 nitrogen and oxygen atoms in total. The van der Waals surface area contributed by atoms with Gasteiger partial charge in [-0.25, -0.2) is 9.67 Å². The lowest BCUT2D eigenvalue weighted by Gasteiger charge is -2.64. The van der Waals surface area contributed by atoms with Crippen LogP contribution in [-0.2, 0) is 33.5 Å². The number of carbonyl (C=O) groups is 1. The summed E-state index contributed by atoms with van der Waals surface area (Å²) < 4.78 is 14.9. The van der Waals surface area contributed by atoms with Gasteiger partial charge in [0.1, 0.15) is 12.4 Å². The third-order valence-corrected chi connectivity index (χ3v) is 9.61. The standard InChI is InChI=1S/C28H40BN9O3/c1-27(2)19-14-20(27)28(3)21(15-19)40-29(41-28)22(11-7-8-12-30)31-26(39)17-38-25(13-18-9-5-4-6-10-18)32-23(35-38)16-24-33-36-37-34-24/h4-6,9-10,19-22H,7-8,11-17,30H2,1-3H3,(H,31,39)(H,33,34,36,37). The minimum atomic E-state index is -0.491. The molecule has 3 heterocycles. The van der Waals surface area contributed by atoms with Crippen molar-refractivity contribution < 1.29 is 14.1 Å². The lowest BCUT2D eigenvalue weighted by atomic mass is 9.43. The molecule has 4 aliphatic rings. The predicted octanol–water partition coefficient (Wildman–Crippen LogP) is 1.85. The molecule has 3 saturated carbocycles. The molecule has 0 spiro atoms. The molecule has 2 bridgehead atoms. The number of hydrogen-bond acceptors (Lipinski definition) is 9. The number of nitrogens with two attached hydrogens (primary N) is 1. The van der Waals surface area contributed by atoms with E-state index in [1.54, 1.807) is 4.68 Å². The Labute approximate surface area is 240 Å². The van der Waals surface area contributed by atoms with Crippen molar-refractivity contribution >= 4 is 13.0 Å². The van der Waals surface area contributed by atoms with Gasteiger partial charge in [-0.3, -0.25) is 4.79 Å². The smallest absolute Gasteiger partial charge is 0.404 e. The van der Waals surface area contributed by atoms with Crippen molar-refractivity contribution in [1.29, 1.82) is 0 Å². The number of nitrogens with one attached hydrogen (secondary N) is 2. The van der Waals surface area contributed by atoms with E-state index in [0.29, 0.717) is 48.7 Å². The molecule has 4 N–H and O–H groups in total. The highest BCUT2D eigenvalue weighted by molar-refractivity contribution is 6.47. The first-order valence-electron chi connectivity index (χ1n) is 14.8. The lowest BCUT2D eigenvalue weighted by Crippen LogP contribution is -2.65. The van der Waals surface area contributed by atoms with Crippen LogP contribution < -0.4 is 11.1 Å². The molecule has 41 heavy (non-hydrogen) atoms. The molecule has 7 rings (SSSR count). The van der Waals surface area contributed by atoms with Crippen molar-refractivity contribution in [1.82, 2.24) is 40.7 Å². The van der Waals surface area contributed by atoms with Gasteiger partial charge >= 0.3 is 7.12 Å². The van der Waals surface area contributed by atoms with E-state index < -0.39 is 7.12 Å². The maximum absolute atomic E-state index is 13.5. The number of amides is 1. The number of hydrogen-bond donors (Lipinski definition) is 3. The fraction of sp³-hybridized carbons (Fsp3) is 0.643. The van der Waals surface area contributed by atoms with Crippen LogP contribution in [-0.4, -0.2) is 72.6 Å². The Morgan fingerprint density at radius 1 is 1.20 bits per heavy atom. The van der Waals surface area contributed by atoms with Gasteiger partial charge < -0.3 is 20.4 Å². The average molecular weight is 562 g/mol. The van der Waals surface area contributed by atoms with E-state index >= 15 is 0 Å². The molecule has 1 aromatic carbocycles. The highest BCUT2D eigenvalue weighted by Gasteiger charge is 2.68. The predicted molar refractivity (Wildman–Crippen MR) is 151 cm³/mol. The average Bonchev–Trinajstić information content (AvgIpc) is 3.67. The summed E-state index contributed by atoms with van der Waals surface area (Å²) >= 11 is 0. The quantitative estimate of drug-likeness (QED) is 0.222. The Balaban J connectivity index is 1.17. The molecule has 3 aromatic rings.